The minimum Gasteiger partial charge on any atom is -0.421 e. The highest BCUT2D eigenvalue weighted by atomic mass is 32.1. The molecule has 0 fully saturated rings. The van der Waals surface area contributed by atoms with Crippen LogP contribution in [0.15, 0.2) is 45.5 Å². The molecule has 0 aliphatic carbocycles. The summed E-state index contributed by atoms with van der Waals surface area (Å²) in [5.74, 6) is 1.11. The molecule has 3 rings (SSSR count). The largest absolute Gasteiger partial charge is 0.421 e. The molecule has 3 aromatic rings. The molecule has 6 heteroatoms. The molecule has 0 atom stereocenters. The number of rotatable bonds is 7. The Morgan fingerprint density at radius 3 is 2.80 bits per heavy atom. The fraction of sp³-hybridized carbons (Fsp3) is 0.316. The lowest BCUT2D eigenvalue weighted by atomic mass is 10.1. The average molecular weight is 355 g/mol. The van der Waals surface area contributed by atoms with Crippen LogP contribution in [0.3, 0.4) is 0 Å². The Bertz CT molecular complexity index is 827. The molecule has 2 aromatic heterocycles. The number of nitrogens with zero attached hydrogens (tertiary/aromatic N) is 3. The van der Waals surface area contributed by atoms with E-state index in [9.17, 15) is 4.79 Å². The van der Waals surface area contributed by atoms with Crippen molar-refractivity contribution >= 4 is 17.2 Å². The predicted octanol–water partition coefficient (Wildman–Crippen LogP) is 4.09. The van der Waals surface area contributed by atoms with Gasteiger partial charge < -0.3 is 9.32 Å². The highest BCUT2D eigenvalue weighted by Crippen LogP contribution is 2.21. The quantitative estimate of drug-likeness (QED) is 0.640. The highest BCUT2D eigenvalue weighted by molar-refractivity contribution is 7.08. The van der Waals surface area contributed by atoms with Crippen molar-refractivity contribution in [3.05, 3.63) is 58.1 Å². The molecule has 0 aliphatic heterocycles. The van der Waals surface area contributed by atoms with Crippen molar-refractivity contribution in [1.82, 2.24) is 15.1 Å². The van der Waals surface area contributed by atoms with E-state index in [4.69, 9.17) is 4.42 Å². The second-order valence-electron chi connectivity index (χ2n) is 5.85. The van der Waals surface area contributed by atoms with Crippen LogP contribution in [0.5, 0.6) is 0 Å². The Labute approximate surface area is 151 Å². The summed E-state index contributed by atoms with van der Waals surface area (Å²) in [4.78, 5) is 14.4. The standard InChI is InChI=1S/C19H21N3O2S/c1-3-22(12-15-7-5-4-6-14(15)2)18(23)9-8-17-20-21-19(24-17)16-10-11-25-13-16/h4-7,10-11,13H,3,8-9,12H2,1-2H3. The summed E-state index contributed by atoms with van der Waals surface area (Å²) in [7, 11) is 0. The summed E-state index contributed by atoms with van der Waals surface area (Å²) in [6.07, 6.45) is 0.825. The number of amides is 1. The average Bonchev–Trinajstić information content (AvgIpc) is 3.30. The van der Waals surface area contributed by atoms with Gasteiger partial charge in [0.25, 0.3) is 0 Å². The van der Waals surface area contributed by atoms with Gasteiger partial charge in [0.15, 0.2) is 0 Å². The van der Waals surface area contributed by atoms with Crippen molar-refractivity contribution in [2.45, 2.75) is 33.2 Å². The van der Waals surface area contributed by atoms with E-state index in [1.807, 2.05) is 40.8 Å². The fourth-order valence-corrected chi connectivity index (χ4v) is 3.23. The third-order valence-corrected chi connectivity index (χ3v) is 4.83. The molecule has 0 N–H and O–H groups in total. The Kier molecular flexibility index (Phi) is 5.60. The number of thiophene rings is 1. The number of aryl methyl sites for hydroxylation is 2. The lowest BCUT2D eigenvalue weighted by molar-refractivity contribution is -0.131. The van der Waals surface area contributed by atoms with Crippen molar-refractivity contribution in [1.29, 1.82) is 0 Å². The lowest BCUT2D eigenvalue weighted by Crippen LogP contribution is -2.30. The van der Waals surface area contributed by atoms with Gasteiger partial charge in [0.1, 0.15) is 0 Å². The normalized spacial score (nSPS) is 10.8. The van der Waals surface area contributed by atoms with Crippen LogP contribution in [0.1, 0.15) is 30.4 Å². The predicted molar refractivity (Wildman–Crippen MR) is 98.2 cm³/mol. The molecule has 1 aromatic carbocycles. The zero-order valence-electron chi connectivity index (χ0n) is 14.4. The Morgan fingerprint density at radius 1 is 1.24 bits per heavy atom. The SMILES string of the molecule is CCN(Cc1ccccc1C)C(=O)CCc1nnc(-c2ccsc2)o1. The van der Waals surface area contributed by atoms with Crippen LogP contribution in [0.2, 0.25) is 0 Å². The van der Waals surface area contributed by atoms with Crippen LogP contribution in [0, 0.1) is 6.92 Å². The molecular formula is C19H21N3O2S. The molecule has 2 heterocycles. The maximum atomic E-state index is 12.5. The fourth-order valence-electron chi connectivity index (χ4n) is 2.60. The van der Waals surface area contributed by atoms with Crippen LogP contribution in [0.4, 0.5) is 0 Å². The number of aromatic nitrogens is 2. The van der Waals surface area contributed by atoms with Crippen LogP contribution in [0.25, 0.3) is 11.5 Å². The van der Waals surface area contributed by atoms with E-state index in [1.165, 1.54) is 11.1 Å². The maximum Gasteiger partial charge on any atom is 0.248 e. The van der Waals surface area contributed by atoms with Gasteiger partial charge in [-0.1, -0.05) is 24.3 Å². The third kappa shape index (κ3) is 4.33. The van der Waals surface area contributed by atoms with E-state index in [0.29, 0.717) is 37.7 Å². The first-order valence-electron chi connectivity index (χ1n) is 8.34. The number of hydrogen-bond acceptors (Lipinski definition) is 5. The Morgan fingerprint density at radius 2 is 2.08 bits per heavy atom. The van der Waals surface area contributed by atoms with Gasteiger partial charge in [0.05, 0.1) is 0 Å². The lowest BCUT2D eigenvalue weighted by Gasteiger charge is -2.21. The molecule has 0 unspecified atom stereocenters. The molecule has 0 saturated heterocycles. The summed E-state index contributed by atoms with van der Waals surface area (Å²) >= 11 is 1.58. The minimum absolute atomic E-state index is 0.0982. The molecule has 5 nitrogen and oxygen atoms in total. The third-order valence-electron chi connectivity index (χ3n) is 4.14. The summed E-state index contributed by atoms with van der Waals surface area (Å²) < 4.78 is 5.64. The summed E-state index contributed by atoms with van der Waals surface area (Å²) in [6, 6.07) is 10.1. The van der Waals surface area contributed by atoms with Gasteiger partial charge in [-0.05, 0) is 36.4 Å². The minimum atomic E-state index is 0.0982. The summed E-state index contributed by atoms with van der Waals surface area (Å²) in [6.45, 7) is 5.37. The van der Waals surface area contributed by atoms with Crippen molar-refractivity contribution in [3.8, 4) is 11.5 Å². The zero-order chi connectivity index (χ0) is 17.6. The van der Waals surface area contributed by atoms with E-state index in [2.05, 4.69) is 29.3 Å². The first kappa shape index (κ1) is 17.4. The molecule has 0 spiro atoms. The second kappa shape index (κ2) is 8.07. The Balaban J connectivity index is 1.58. The molecule has 0 bridgehead atoms. The Hall–Kier alpha value is -2.47. The van der Waals surface area contributed by atoms with Crippen molar-refractivity contribution in [2.24, 2.45) is 0 Å². The van der Waals surface area contributed by atoms with E-state index < -0.39 is 0 Å². The molecular weight excluding hydrogens is 334 g/mol. The van der Waals surface area contributed by atoms with Gasteiger partial charge in [0.2, 0.25) is 17.7 Å². The van der Waals surface area contributed by atoms with Gasteiger partial charge in [-0.2, -0.15) is 11.3 Å². The van der Waals surface area contributed by atoms with Gasteiger partial charge in [-0.25, -0.2) is 0 Å². The molecule has 0 radical (unpaired) electrons. The van der Waals surface area contributed by atoms with Gasteiger partial charge in [-0.15, -0.1) is 10.2 Å². The van der Waals surface area contributed by atoms with E-state index in [-0.39, 0.29) is 5.91 Å². The smallest absolute Gasteiger partial charge is 0.248 e. The zero-order valence-corrected chi connectivity index (χ0v) is 15.3. The monoisotopic (exact) mass is 355 g/mol. The topological polar surface area (TPSA) is 59.2 Å². The van der Waals surface area contributed by atoms with Crippen molar-refractivity contribution < 1.29 is 9.21 Å². The van der Waals surface area contributed by atoms with E-state index in [1.54, 1.807) is 11.3 Å². The number of hydrogen-bond donors (Lipinski definition) is 0. The number of carbonyl (C=O) groups is 1. The number of benzene rings is 1. The number of carbonyl (C=O) groups excluding carboxylic acids is 1. The van der Waals surface area contributed by atoms with E-state index in [0.717, 1.165) is 5.56 Å². The highest BCUT2D eigenvalue weighted by Gasteiger charge is 2.15. The summed E-state index contributed by atoms with van der Waals surface area (Å²) in [5.41, 5.74) is 3.30. The van der Waals surface area contributed by atoms with E-state index >= 15 is 0 Å². The molecule has 25 heavy (non-hydrogen) atoms. The second-order valence-corrected chi connectivity index (χ2v) is 6.63. The van der Waals surface area contributed by atoms with Gasteiger partial charge in [-0.3, -0.25) is 4.79 Å². The van der Waals surface area contributed by atoms with Crippen LogP contribution in [-0.4, -0.2) is 27.5 Å². The first-order valence-corrected chi connectivity index (χ1v) is 9.29. The van der Waals surface area contributed by atoms with Crippen LogP contribution < -0.4 is 0 Å². The van der Waals surface area contributed by atoms with Crippen molar-refractivity contribution in [2.75, 3.05) is 6.54 Å². The maximum absolute atomic E-state index is 12.5. The van der Waals surface area contributed by atoms with Crippen LogP contribution >= 0.6 is 11.3 Å². The molecule has 130 valence electrons. The van der Waals surface area contributed by atoms with Crippen molar-refractivity contribution in [3.63, 3.8) is 0 Å². The molecule has 0 saturated carbocycles. The molecule has 1 amide bonds. The summed E-state index contributed by atoms with van der Waals surface area (Å²) in [5, 5.41) is 12.0. The van der Waals surface area contributed by atoms with Crippen LogP contribution in [-0.2, 0) is 17.8 Å². The molecule has 0 aliphatic rings. The van der Waals surface area contributed by atoms with Gasteiger partial charge >= 0.3 is 0 Å². The van der Waals surface area contributed by atoms with Gasteiger partial charge in [0, 0.05) is 36.9 Å². The first-order chi connectivity index (χ1) is 12.2.